The van der Waals surface area contributed by atoms with Gasteiger partial charge in [0, 0.05) is 12.1 Å². The highest BCUT2D eigenvalue weighted by molar-refractivity contribution is 5.19. The number of nitrogens with zero attached hydrogens (tertiary/aromatic N) is 1. The predicted octanol–water partition coefficient (Wildman–Crippen LogP) is -0.357. The van der Waals surface area contributed by atoms with Crippen LogP contribution in [-0.4, -0.2) is 22.6 Å². The van der Waals surface area contributed by atoms with E-state index in [2.05, 4.69) is 23.0 Å². The van der Waals surface area contributed by atoms with Gasteiger partial charge >= 0.3 is 0 Å². The van der Waals surface area contributed by atoms with Gasteiger partial charge in [0.15, 0.2) is 0 Å². The number of hydrogen-bond acceptors (Lipinski definition) is 4. The number of hydrogen-bond donors (Lipinski definition) is 3. The van der Waals surface area contributed by atoms with Crippen molar-refractivity contribution < 1.29 is 5.21 Å². The lowest BCUT2D eigenvalue weighted by molar-refractivity contribution is -0.161. The van der Waals surface area contributed by atoms with Crippen LogP contribution in [0, 0.1) is 11.8 Å². The van der Waals surface area contributed by atoms with E-state index in [-0.39, 0.29) is 0 Å². The van der Waals surface area contributed by atoms with Gasteiger partial charge in [-0.1, -0.05) is 17.4 Å². The van der Waals surface area contributed by atoms with Crippen molar-refractivity contribution in [2.24, 2.45) is 11.8 Å². The topological polar surface area (TPSA) is 47.5 Å². The Balaban J connectivity index is 1.92. The molecule has 60 valence electrons. The highest BCUT2D eigenvalue weighted by Crippen LogP contribution is 2.40. The van der Waals surface area contributed by atoms with Crippen LogP contribution in [0.25, 0.3) is 0 Å². The molecule has 3 N–H and O–H groups in total. The molecule has 11 heavy (non-hydrogen) atoms. The van der Waals surface area contributed by atoms with Gasteiger partial charge in [-0.2, -0.15) is 0 Å². The van der Waals surface area contributed by atoms with Crippen LogP contribution in [0.4, 0.5) is 0 Å². The highest BCUT2D eigenvalue weighted by Gasteiger charge is 2.49. The summed E-state index contributed by atoms with van der Waals surface area (Å²) in [5.74, 6) is 1.24. The fraction of sp³-hybridized carbons (Fsp3) is 0.714. The van der Waals surface area contributed by atoms with Gasteiger partial charge in [-0.05, 0) is 18.3 Å². The zero-order chi connectivity index (χ0) is 7.42. The molecule has 0 amide bonds. The quantitative estimate of drug-likeness (QED) is 0.416. The van der Waals surface area contributed by atoms with E-state index in [1.54, 1.807) is 0 Å². The molecule has 0 radical (unpaired) electrons. The summed E-state index contributed by atoms with van der Waals surface area (Å²) in [6.07, 6.45) is 5.74. The summed E-state index contributed by atoms with van der Waals surface area (Å²) in [5, 5.41) is 10.1. The maximum absolute atomic E-state index is 9.08. The Bertz CT molecular complexity index is 198. The lowest BCUT2D eigenvalue weighted by Gasteiger charge is -2.16. The lowest BCUT2D eigenvalue weighted by Crippen LogP contribution is -2.38. The lowest BCUT2D eigenvalue weighted by atomic mass is 9.98. The zero-order valence-corrected chi connectivity index (χ0v) is 6.07. The fourth-order valence-corrected chi connectivity index (χ4v) is 2.49. The summed E-state index contributed by atoms with van der Waals surface area (Å²) in [6, 6.07) is 0.824. The van der Waals surface area contributed by atoms with Crippen molar-refractivity contribution in [2.75, 3.05) is 0 Å². The molecule has 0 aromatic rings. The molecule has 0 aromatic carbocycles. The molecule has 4 unspecified atom stereocenters. The van der Waals surface area contributed by atoms with Crippen LogP contribution in [0.2, 0.25) is 0 Å². The Kier molecular flexibility index (Phi) is 1.03. The third-order valence-corrected chi connectivity index (χ3v) is 3.00. The Labute approximate surface area is 64.8 Å². The minimum Gasteiger partial charge on any atom is -0.285 e. The van der Waals surface area contributed by atoms with Crippen LogP contribution in [0.15, 0.2) is 12.2 Å². The van der Waals surface area contributed by atoms with Crippen molar-refractivity contribution in [1.82, 2.24) is 16.1 Å². The Hall–Kier alpha value is -0.420. The van der Waals surface area contributed by atoms with Crippen LogP contribution < -0.4 is 10.9 Å². The second kappa shape index (κ2) is 1.84. The third-order valence-electron chi connectivity index (χ3n) is 3.00. The molecule has 2 aliphatic carbocycles. The molecule has 1 saturated heterocycles. The van der Waals surface area contributed by atoms with Gasteiger partial charge in [0.25, 0.3) is 0 Å². The molecule has 1 saturated carbocycles. The molecule has 1 aliphatic heterocycles. The summed E-state index contributed by atoms with van der Waals surface area (Å²) in [5.41, 5.74) is 5.95. The molecular weight excluding hydrogens is 142 g/mol. The third kappa shape index (κ3) is 0.674. The molecule has 4 atom stereocenters. The average Bonchev–Trinajstić information content (AvgIpc) is 2.53. The van der Waals surface area contributed by atoms with E-state index in [0.29, 0.717) is 23.9 Å². The van der Waals surface area contributed by atoms with E-state index >= 15 is 0 Å². The van der Waals surface area contributed by atoms with Gasteiger partial charge in [-0.25, -0.2) is 10.9 Å². The Morgan fingerprint density at radius 3 is 2.27 bits per heavy atom. The van der Waals surface area contributed by atoms with E-state index in [1.807, 2.05) is 0 Å². The van der Waals surface area contributed by atoms with Crippen LogP contribution in [0.1, 0.15) is 6.42 Å². The summed E-state index contributed by atoms with van der Waals surface area (Å²) in [4.78, 5) is 0. The zero-order valence-electron chi connectivity index (χ0n) is 6.07. The minimum atomic E-state index is 0.412. The molecule has 0 aromatic heterocycles. The average molecular weight is 153 g/mol. The predicted molar refractivity (Wildman–Crippen MR) is 38.2 cm³/mol. The number of hydrazine groups is 2. The van der Waals surface area contributed by atoms with E-state index < -0.39 is 0 Å². The molecule has 2 fully saturated rings. The van der Waals surface area contributed by atoms with Gasteiger partial charge < -0.3 is 0 Å². The molecule has 0 spiro atoms. The van der Waals surface area contributed by atoms with Gasteiger partial charge in [-0.3, -0.25) is 5.21 Å². The first kappa shape index (κ1) is 6.14. The van der Waals surface area contributed by atoms with E-state index in [4.69, 9.17) is 5.21 Å². The van der Waals surface area contributed by atoms with E-state index in [9.17, 15) is 0 Å². The van der Waals surface area contributed by atoms with Crippen molar-refractivity contribution in [3.05, 3.63) is 12.2 Å². The van der Waals surface area contributed by atoms with Crippen LogP contribution in [0.5, 0.6) is 0 Å². The summed E-state index contributed by atoms with van der Waals surface area (Å²) >= 11 is 0. The van der Waals surface area contributed by atoms with Crippen LogP contribution in [0.3, 0.4) is 0 Å². The van der Waals surface area contributed by atoms with Gasteiger partial charge in [0.05, 0.1) is 0 Å². The van der Waals surface area contributed by atoms with Crippen molar-refractivity contribution in [3.8, 4) is 0 Å². The maximum Gasteiger partial charge on any atom is 0.0488 e. The van der Waals surface area contributed by atoms with Crippen molar-refractivity contribution in [3.63, 3.8) is 0 Å². The number of fused-ring (bicyclic) bond motifs is 5. The molecular formula is C7H11N3O. The van der Waals surface area contributed by atoms with Crippen molar-refractivity contribution >= 4 is 0 Å². The fourth-order valence-electron chi connectivity index (χ4n) is 2.49. The SMILES string of the molecule is ON1NC2C3C=CC(C3)C2N1. The highest BCUT2D eigenvalue weighted by atomic mass is 16.6. The monoisotopic (exact) mass is 153 g/mol. The molecule has 3 aliphatic rings. The number of nitrogens with one attached hydrogen (secondary N) is 2. The van der Waals surface area contributed by atoms with E-state index in [0.717, 1.165) is 5.28 Å². The summed E-state index contributed by atoms with van der Waals surface area (Å²) in [7, 11) is 0. The normalized spacial score (nSPS) is 53.9. The van der Waals surface area contributed by atoms with Gasteiger partial charge in [0.1, 0.15) is 0 Å². The summed E-state index contributed by atoms with van der Waals surface area (Å²) in [6.45, 7) is 0. The van der Waals surface area contributed by atoms with Crippen molar-refractivity contribution in [1.29, 1.82) is 0 Å². The second-order valence-electron chi connectivity index (χ2n) is 3.57. The second-order valence-corrected chi connectivity index (χ2v) is 3.57. The molecule has 4 heteroatoms. The van der Waals surface area contributed by atoms with Gasteiger partial charge in [-0.15, -0.1) is 0 Å². The smallest absolute Gasteiger partial charge is 0.0488 e. The van der Waals surface area contributed by atoms with Crippen LogP contribution in [-0.2, 0) is 0 Å². The van der Waals surface area contributed by atoms with Crippen molar-refractivity contribution in [2.45, 2.75) is 18.5 Å². The maximum atomic E-state index is 9.08. The van der Waals surface area contributed by atoms with Gasteiger partial charge in [0.2, 0.25) is 0 Å². The summed E-state index contributed by atoms with van der Waals surface area (Å²) < 4.78 is 0. The minimum absolute atomic E-state index is 0.412. The first-order valence-electron chi connectivity index (χ1n) is 4.04. The number of rotatable bonds is 0. The molecule has 4 nitrogen and oxygen atoms in total. The van der Waals surface area contributed by atoms with Crippen LogP contribution >= 0.6 is 0 Å². The first-order chi connectivity index (χ1) is 5.34. The standard InChI is InChI=1S/C7H11N3O/c11-10-8-6-4-1-2-5(3-4)7(6)9-10/h1-2,4-9,11H,3H2. The molecule has 1 heterocycles. The molecule has 2 bridgehead atoms. The first-order valence-corrected chi connectivity index (χ1v) is 4.04. The Morgan fingerprint density at radius 2 is 1.73 bits per heavy atom. The molecule has 3 rings (SSSR count). The largest absolute Gasteiger partial charge is 0.285 e. The Morgan fingerprint density at radius 1 is 1.18 bits per heavy atom. The van der Waals surface area contributed by atoms with E-state index in [1.165, 1.54) is 6.42 Å².